The van der Waals surface area contributed by atoms with E-state index in [4.69, 9.17) is 14.7 Å². The third kappa shape index (κ3) is 3.44. The number of imidazole rings is 1. The molecule has 8 heteroatoms. The lowest BCUT2D eigenvalue weighted by Crippen LogP contribution is -2.40. The fraction of sp³-hybridized carbons (Fsp3) is 0.385. The van der Waals surface area contributed by atoms with Crippen molar-refractivity contribution in [2.24, 2.45) is 0 Å². The molecule has 0 bridgehead atoms. The average molecular weight is 474 g/mol. The predicted molar refractivity (Wildman–Crippen MR) is 133 cm³/mol. The first-order chi connectivity index (χ1) is 16.5. The van der Waals surface area contributed by atoms with E-state index in [1.54, 1.807) is 11.3 Å². The normalized spacial score (nSPS) is 19.1. The van der Waals surface area contributed by atoms with Crippen molar-refractivity contribution >= 4 is 28.0 Å². The SMILES string of the molecule is Cc1ncc(-c2cc3cccc(-c4nc(C5CCOCC5)n5c4CN(C)C(=O)[C@H]5C)c3cn2)s1. The standard InChI is InChI=1S/C26H27N5O2S/c1-15-26(32)30(3)14-22-24(29-25(31(15)22)17-7-9-33-10-8-17)19-6-4-5-18-11-21(28-12-20(18)19)23-13-27-16(2)34-23/h4-6,11-13,15,17H,7-10,14H2,1-3H3/t15-/m1/s1. The molecule has 0 unspecified atom stereocenters. The minimum absolute atomic E-state index is 0.133. The van der Waals surface area contributed by atoms with Crippen LogP contribution in [-0.2, 0) is 16.1 Å². The molecule has 174 valence electrons. The van der Waals surface area contributed by atoms with Crippen LogP contribution in [0.25, 0.3) is 32.6 Å². The topological polar surface area (TPSA) is 73.1 Å². The number of pyridine rings is 1. The predicted octanol–water partition coefficient (Wildman–Crippen LogP) is 4.96. The number of amides is 1. The Labute approximate surface area is 202 Å². The number of aryl methyl sites for hydroxylation is 1. The summed E-state index contributed by atoms with van der Waals surface area (Å²) in [5, 5.41) is 3.22. The van der Waals surface area contributed by atoms with Gasteiger partial charge in [0.1, 0.15) is 11.9 Å². The third-order valence-electron chi connectivity index (χ3n) is 7.03. The van der Waals surface area contributed by atoms with Crippen LogP contribution in [0.15, 0.2) is 36.7 Å². The second-order valence-corrected chi connectivity index (χ2v) is 10.5. The van der Waals surface area contributed by atoms with Crippen molar-refractivity contribution in [3.63, 3.8) is 0 Å². The third-order valence-corrected chi connectivity index (χ3v) is 7.96. The smallest absolute Gasteiger partial charge is 0.245 e. The molecule has 1 saturated heterocycles. The minimum atomic E-state index is -0.262. The van der Waals surface area contributed by atoms with Crippen molar-refractivity contribution < 1.29 is 9.53 Å². The van der Waals surface area contributed by atoms with E-state index in [1.165, 1.54) is 0 Å². The molecule has 0 spiro atoms. The molecule has 0 aliphatic carbocycles. The van der Waals surface area contributed by atoms with Crippen LogP contribution in [-0.4, -0.2) is 50.6 Å². The number of carbonyl (C=O) groups is 1. The zero-order chi connectivity index (χ0) is 23.4. The fourth-order valence-corrected chi connectivity index (χ4v) is 6.00. The minimum Gasteiger partial charge on any atom is -0.381 e. The van der Waals surface area contributed by atoms with Gasteiger partial charge in [0.2, 0.25) is 5.91 Å². The Morgan fingerprint density at radius 3 is 2.74 bits per heavy atom. The van der Waals surface area contributed by atoms with E-state index in [2.05, 4.69) is 33.8 Å². The molecular formula is C26H27N5O2S. The molecule has 1 fully saturated rings. The molecule has 5 heterocycles. The van der Waals surface area contributed by atoms with Gasteiger partial charge in [-0.2, -0.15) is 0 Å². The first-order valence-electron chi connectivity index (χ1n) is 11.8. The van der Waals surface area contributed by atoms with Crippen LogP contribution in [0.1, 0.15) is 48.3 Å². The van der Waals surface area contributed by atoms with Gasteiger partial charge >= 0.3 is 0 Å². The average Bonchev–Trinajstić information content (AvgIpc) is 3.46. The van der Waals surface area contributed by atoms with Gasteiger partial charge in [0.05, 0.1) is 33.5 Å². The summed E-state index contributed by atoms with van der Waals surface area (Å²) < 4.78 is 7.81. The van der Waals surface area contributed by atoms with Gasteiger partial charge < -0.3 is 14.2 Å². The summed E-state index contributed by atoms with van der Waals surface area (Å²) in [4.78, 5) is 30.2. The van der Waals surface area contributed by atoms with Crippen LogP contribution in [0.4, 0.5) is 0 Å². The number of hydrogen-bond donors (Lipinski definition) is 0. The van der Waals surface area contributed by atoms with Crippen LogP contribution in [0.2, 0.25) is 0 Å². The molecule has 7 nitrogen and oxygen atoms in total. The number of carbonyl (C=O) groups excluding carboxylic acids is 1. The quantitative estimate of drug-likeness (QED) is 0.421. The van der Waals surface area contributed by atoms with E-state index in [9.17, 15) is 4.79 Å². The highest BCUT2D eigenvalue weighted by Gasteiger charge is 2.36. The zero-order valence-electron chi connectivity index (χ0n) is 19.6. The van der Waals surface area contributed by atoms with Gasteiger partial charge in [-0.15, -0.1) is 11.3 Å². The summed E-state index contributed by atoms with van der Waals surface area (Å²) in [5.74, 6) is 1.45. The van der Waals surface area contributed by atoms with Gasteiger partial charge in [-0.05, 0) is 38.1 Å². The van der Waals surface area contributed by atoms with E-state index < -0.39 is 0 Å². The van der Waals surface area contributed by atoms with Crippen molar-refractivity contribution in [3.05, 3.63) is 53.2 Å². The lowest BCUT2D eigenvalue weighted by Gasteiger charge is -2.32. The molecule has 2 aliphatic heterocycles. The van der Waals surface area contributed by atoms with Crippen LogP contribution in [0, 0.1) is 6.92 Å². The number of thiazole rings is 1. The molecule has 0 N–H and O–H groups in total. The van der Waals surface area contributed by atoms with Crippen LogP contribution in [0.3, 0.4) is 0 Å². The second kappa shape index (κ2) is 8.29. The molecule has 0 saturated carbocycles. The lowest BCUT2D eigenvalue weighted by molar-refractivity contribution is -0.135. The maximum Gasteiger partial charge on any atom is 0.245 e. The number of nitrogens with zero attached hydrogens (tertiary/aromatic N) is 5. The van der Waals surface area contributed by atoms with E-state index in [-0.39, 0.29) is 11.9 Å². The molecule has 6 rings (SSSR count). The Balaban J connectivity index is 1.52. The van der Waals surface area contributed by atoms with Gasteiger partial charge in [-0.25, -0.2) is 9.97 Å². The molecule has 34 heavy (non-hydrogen) atoms. The highest BCUT2D eigenvalue weighted by molar-refractivity contribution is 7.15. The molecule has 1 aromatic carbocycles. The molecule has 4 aromatic rings. The van der Waals surface area contributed by atoms with Crippen LogP contribution >= 0.6 is 11.3 Å². The zero-order valence-corrected chi connectivity index (χ0v) is 20.4. The Hall–Kier alpha value is -3.10. The number of benzene rings is 1. The summed E-state index contributed by atoms with van der Waals surface area (Å²) in [6, 6.07) is 8.20. The Kier molecular flexibility index (Phi) is 5.22. The number of hydrogen-bond acceptors (Lipinski definition) is 6. The maximum atomic E-state index is 12.9. The lowest BCUT2D eigenvalue weighted by atomic mass is 9.98. The summed E-state index contributed by atoms with van der Waals surface area (Å²) in [7, 11) is 1.88. The summed E-state index contributed by atoms with van der Waals surface area (Å²) in [6.45, 7) is 6.03. The second-order valence-electron chi connectivity index (χ2n) is 9.23. The maximum absolute atomic E-state index is 12.9. The number of rotatable bonds is 3. The molecule has 3 aromatic heterocycles. The summed E-state index contributed by atoms with van der Waals surface area (Å²) in [5.41, 5.74) is 4.06. The van der Waals surface area contributed by atoms with E-state index >= 15 is 0 Å². The highest BCUT2D eigenvalue weighted by Crippen LogP contribution is 2.39. The van der Waals surface area contributed by atoms with Gasteiger partial charge in [-0.3, -0.25) is 9.78 Å². The molecular weight excluding hydrogens is 446 g/mol. The van der Waals surface area contributed by atoms with Crippen molar-refractivity contribution in [1.29, 1.82) is 0 Å². The molecule has 2 aliphatic rings. The summed E-state index contributed by atoms with van der Waals surface area (Å²) in [6.07, 6.45) is 5.71. The van der Waals surface area contributed by atoms with Crippen molar-refractivity contribution in [2.45, 2.75) is 45.2 Å². The van der Waals surface area contributed by atoms with Crippen LogP contribution < -0.4 is 0 Å². The van der Waals surface area contributed by atoms with Gasteiger partial charge in [0, 0.05) is 49.5 Å². The monoisotopic (exact) mass is 473 g/mol. The highest BCUT2D eigenvalue weighted by atomic mass is 32.1. The number of aromatic nitrogens is 4. The van der Waals surface area contributed by atoms with Crippen molar-refractivity contribution in [1.82, 2.24) is 24.4 Å². The number of likely N-dealkylation sites (N-methyl/N-ethyl adjacent to an activating group) is 1. The largest absolute Gasteiger partial charge is 0.381 e. The first kappa shape index (κ1) is 21.4. The van der Waals surface area contributed by atoms with Crippen molar-refractivity contribution in [3.8, 4) is 21.8 Å². The van der Waals surface area contributed by atoms with Crippen LogP contribution in [0.5, 0.6) is 0 Å². The molecule has 1 atom stereocenters. The number of fused-ring (bicyclic) bond motifs is 2. The van der Waals surface area contributed by atoms with Gasteiger partial charge in [0.25, 0.3) is 0 Å². The van der Waals surface area contributed by atoms with Gasteiger partial charge in [-0.1, -0.05) is 18.2 Å². The van der Waals surface area contributed by atoms with Gasteiger partial charge in [0.15, 0.2) is 0 Å². The summed E-state index contributed by atoms with van der Waals surface area (Å²) >= 11 is 1.65. The van der Waals surface area contributed by atoms with E-state index in [1.807, 2.05) is 38.2 Å². The van der Waals surface area contributed by atoms with E-state index in [0.717, 1.165) is 75.2 Å². The Bertz CT molecular complexity index is 1400. The van der Waals surface area contributed by atoms with Crippen molar-refractivity contribution in [2.75, 3.05) is 20.3 Å². The molecule has 1 amide bonds. The number of ether oxygens (including phenoxy) is 1. The fourth-order valence-electron chi connectivity index (χ4n) is 5.25. The Morgan fingerprint density at radius 1 is 1.15 bits per heavy atom. The van der Waals surface area contributed by atoms with E-state index in [0.29, 0.717) is 12.5 Å². The first-order valence-corrected chi connectivity index (χ1v) is 12.6. The molecule has 0 radical (unpaired) electrons. The Morgan fingerprint density at radius 2 is 1.97 bits per heavy atom.